The van der Waals surface area contributed by atoms with Gasteiger partial charge in [-0.25, -0.2) is 0 Å². The number of hydrogen-bond acceptors (Lipinski definition) is 8. The summed E-state index contributed by atoms with van der Waals surface area (Å²) in [5, 5.41) is 6.11. The minimum Gasteiger partial charge on any atom is -0.316 e. The van der Waals surface area contributed by atoms with E-state index in [1.165, 1.54) is 0 Å². The molecule has 1 aliphatic rings. The zero-order valence-corrected chi connectivity index (χ0v) is 19.2. The van der Waals surface area contributed by atoms with Gasteiger partial charge in [-0.15, -0.1) is 0 Å². The van der Waals surface area contributed by atoms with Gasteiger partial charge in [0.2, 0.25) is 0 Å². The SMILES string of the molecule is O=C1CCCCC(=O)CCC(=O)CCNCCC(=O)CCC(=O)CCNCCC(=O)CC1. The molecule has 8 nitrogen and oxygen atoms in total. The summed E-state index contributed by atoms with van der Waals surface area (Å²) < 4.78 is 0. The Morgan fingerprint density at radius 1 is 0.312 bits per heavy atom. The van der Waals surface area contributed by atoms with Crippen LogP contribution in [0, 0.1) is 0 Å². The van der Waals surface area contributed by atoms with Crippen LogP contribution in [0.15, 0.2) is 0 Å². The van der Waals surface area contributed by atoms with Gasteiger partial charge in [0.25, 0.3) is 0 Å². The lowest BCUT2D eigenvalue weighted by molar-refractivity contribution is -0.124. The van der Waals surface area contributed by atoms with Crippen LogP contribution in [0.4, 0.5) is 0 Å². The molecule has 1 fully saturated rings. The van der Waals surface area contributed by atoms with Crippen LogP contribution in [-0.2, 0) is 28.8 Å². The molecule has 0 amide bonds. The number of Topliss-reactive ketones (excluding diaryl/α,β-unsaturated/α-hetero) is 6. The Morgan fingerprint density at radius 3 is 0.781 bits per heavy atom. The van der Waals surface area contributed by atoms with E-state index >= 15 is 0 Å². The molecule has 0 spiro atoms. The topological polar surface area (TPSA) is 126 Å². The highest BCUT2D eigenvalue weighted by molar-refractivity contribution is 5.87. The molecule has 1 aliphatic heterocycles. The highest BCUT2D eigenvalue weighted by atomic mass is 16.1. The van der Waals surface area contributed by atoms with E-state index in [0.29, 0.717) is 77.5 Å². The second kappa shape index (κ2) is 17.5. The van der Waals surface area contributed by atoms with Crippen LogP contribution in [0.2, 0.25) is 0 Å². The predicted molar refractivity (Wildman–Crippen MR) is 120 cm³/mol. The molecule has 2 N–H and O–H groups in total. The van der Waals surface area contributed by atoms with E-state index in [4.69, 9.17) is 0 Å². The molecule has 1 heterocycles. The number of hydrogen-bond donors (Lipinski definition) is 2. The molecular formula is C24H38N2O6. The third-order valence-corrected chi connectivity index (χ3v) is 5.53. The van der Waals surface area contributed by atoms with E-state index in [1.54, 1.807) is 0 Å². The highest BCUT2D eigenvalue weighted by Crippen LogP contribution is 2.08. The maximum atomic E-state index is 11.9. The Balaban J connectivity index is 2.41. The zero-order valence-electron chi connectivity index (χ0n) is 19.2. The Kier molecular flexibility index (Phi) is 15.3. The first-order chi connectivity index (χ1) is 15.4. The fourth-order valence-electron chi connectivity index (χ4n) is 3.39. The average Bonchev–Trinajstić information content (AvgIpc) is 2.76. The second-order valence-electron chi connectivity index (χ2n) is 8.44. The molecular weight excluding hydrogens is 412 g/mol. The Bertz CT molecular complexity index is 603. The molecule has 0 saturated carbocycles. The van der Waals surface area contributed by atoms with E-state index in [1.807, 2.05) is 0 Å². The quantitative estimate of drug-likeness (QED) is 0.574. The van der Waals surface area contributed by atoms with Gasteiger partial charge < -0.3 is 10.6 Å². The fourth-order valence-corrected chi connectivity index (χ4v) is 3.39. The van der Waals surface area contributed by atoms with E-state index in [-0.39, 0.29) is 73.2 Å². The van der Waals surface area contributed by atoms with Crippen molar-refractivity contribution in [2.45, 2.75) is 89.9 Å². The monoisotopic (exact) mass is 450 g/mol. The molecule has 0 unspecified atom stereocenters. The van der Waals surface area contributed by atoms with Crippen molar-refractivity contribution in [2.75, 3.05) is 26.2 Å². The Morgan fingerprint density at radius 2 is 0.531 bits per heavy atom. The van der Waals surface area contributed by atoms with Crippen molar-refractivity contribution in [3.05, 3.63) is 0 Å². The van der Waals surface area contributed by atoms with Gasteiger partial charge in [-0.05, 0) is 12.8 Å². The molecule has 0 atom stereocenters. The molecule has 0 aliphatic carbocycles. The van der Waals surface area contributed by atoms with Gasteiger partial charge >= 0.3 is 0 Å². The van der Waals surface area contributed by atoms with Crippen molar-refractivity contribution >= 4 is 34.7 Å². The van der Waals surface area contributed by atoms with Crippen molar-refractivity contribution in [3.8, 4) is 0 Å². The highest BCUT2D eigenvalue weighted by Gasteiger charge is 2.11. The normalized spacial score (nSPS) is 22.1. The summed E-state index contributed by atoms with van der Waals surface area (Å²) in [4.78, 5) is 71.3. The van der Waals surface area contributed by atoms with Gasteiger partial charge in [0.05, 0.1) is 0 Å². The van der Waals surface area contributed by atoms with Crippen molar-refractivity contribution in [1.82, 2.24) is 10.6 Å². The summed E-state index contributed by atoms with van der Waals surface area (Å²) in [6.45, 7) is 1.87. The molecule has 8 heteroatoms. The number of nitrogens with one attached hydrogen (secondary N) is 2. The molecule has 180 valence electrons. The summed E-state index contributed by atoms with van der Waals surface area (Å²) in [5.41, 5.74) is 0. The first-order valence-electron chi connectivity index (χ1n) is 11.9. The lowest BCUT2D eigenvalue weighted by atomic mass is 10.0. The van der Waals surface area contributed by atoms with Crippen molar-refractivity contribution in [3.63, 3.8) is 0 Å². The lowest BCUT2D eigenvalue weighted by Gasteiger charge is -2.06. The maximum Gasteiger partial charge on any atom is 0.134 e. The minimum atomic E-state index is 0.0114. The lowest BCUT2D eigenvalue weighted by Crippen LogP contribution is -2.23. The molecule has 0 aromatic heterocycles. The van der Waals surface area contributed by atoms with Crippen LogP contribution < -0.4 is 10.6 Å². The van der Waals surface area contributed by atoms with Crippen LogP contribution in [-0.4, -0.2) is 60.9 Å². The molecule has 1 rings (SSSR count). The summed E-state index contributed by atoms with van der Waals surface area (Å²) >= 11 is 0. The van der Waals surface area contributed by atoms with Gasteiger partial charge in [0.15, 0.2) is 0 Å². The fraction of sp³-hybridized carbons (Fsp3) is 0.750. The zero-order chi connectivity index (χ0) is 23.6. The molecule has 0 radical (unpaired) electrons. The standard InChI is InChI=1S/C24H38N2O6/c27-19-3-1-2-4-20(28)6-8-22(30)12-16-26-18-14-24(32)10-9-23(31)13-17-25-15-11-21(29)7-5-19/h25-26H,1-18H2. The Labute approximate surface area is 190 Å². The number of carbonyl (C=O) groups is 6. The van der Waals surface area contributed by atoms with Crippen LogP contribution in [0.5, 0.6) is 0 Å². The van der Waals surface area contributed by atoms with Crippen LogP contribution in [0.1, 0.15) is 89.9 Å². The molecule has 0 aromatic carbocycles. The van der Waals surface area contributed by atoms with Gasteiger partial charge in [-0.2, -0.15) is 0 Å². The molecule has 32 heavy (non-hydrogen) atoms. The smallest absolute Gasteiger partial charge is 0.134 e. The number of carbonyl (C=O) groups excluding carboxylic acids is 6. The van der Waals surface area contributed by atoms with E-state index in [2.05, 4.69) is 10.6 Å². The number of ketones is 6. The van der Waals surface area contributed by atoms with Crippen LogP contribution >= 0.6 is 0 Å². The summed E-state index contributed by atoms with van der Waals surface area (Å²) in [7, 11) is 0. The predicted octanol–water partition coefficient (Wildman–Crippen LogP) is 2.06. The summed E-state index contributed by atoms with van der Waals surface area (Å²) in [6.07, 6.45) is 4.57. The van der Waals surface area contributed by atoms with Crippen molar-refractivity contribution in [2.24, 2.45) is 0 Å². The molecule has 0 aromatic rings. The second-order valence-corrected chi connectivity index (χ2v) is 8.44. The van der Waals surface area contributed by atoms with Gasteiger partial charge in [0, 0.05) is 103 Å². The van der Waals surface area contributed by atoms with E-state index < -0.39 is 0 Å². The minimum absolute atomic E-state index is 0.0114. The van der Waals surface area contributed by atoms with Crippen LogP contribution in [0.3, 0.4) is 0 Å². The third kappa shape index (κ3) is 15.7. The number of rotatable bonds is 0. The van der Waals surface area contributed by atoms with Gasteiger partial charge in [-0.1, -0.05) is 0 Å². The van der Waals surface area contributed by atoms with Gasteiger partial charge in [-0.3, -0.25) is 28.8 Å². The molecule has 1 saturated heterocycles. The van der Waals surface area contributed by atoms with Crippen molar-refractivity contribution in [1.29, 1.82) is 0 Å². The summed E-state index contributed by atoms with van der Waals surface area (Å²) in [6, 6.07) is 0. The first-order valence-corrected chi connectivity index (χ1v) is 11.9. The largest absolute Gasteiger partial charge is 0.316 e. The Hall–Kier alpha value is -2.06. The maximum absolute atomic E-state index is 11.9. The molecule has 0 bridgehead atoms. The van der Waals surface area contributed by atoms with E-state index in [9.17, 15) is 28.8 Å². The van der Waals surface area contributed by atoms with Crippen LogP contribution in [0.25, 0.3) is 0 Å². The summed E-state index contributed by atoms with van der Waals surface area (Å²) in [5.74, 6) is 0.107. The van der Waals surface area contributed by atoms with E-state index in [0.717, 1.165) is 0 Å². The van der Waals surface area contributed by atoms with Gasteiger partial charge in [0.1, 0.15) is 34.7 Å². The average molecular weight is 451 g/mol. The third-order valence-electron chi connectivity index (χ3n) is 5.53. The first kappa shape index (κ1) is 28.0. The van der Waals surface area contributed by atoms with Crippen molar-refractivity contribution < 1.29 is 28.8 Å².